The van der Waals surface area contributed by atoms with Crippen molar-refractivity contribution in [3.05, 3.63) is 53.7 Å². The second-order valence-electron chi connectivity index (χ2n) is 4.55. The van der Waals surface area contributed by atoms with Gasteiger partial charge in [0.2, 0.25) is 5.96 Å². The Balaban J connectivity index is 2.11. The predicted octanol–water partition coefficient (Wildman–Crippen LogP) is 2.25. The fraction of sp³-hybridized carbons (Fsp3) is 0.188. The highest BCUT2D eigenvalue weighted by Crippen LogP contribution is 2.23. The molecule has 0 spiro atoms. The number of guanidine groups is 2. The molecule has 5 nitrogen and oxygen atoms in total. The standard InChI is InChI=1S/C16H19N5/c1-3-19-16(18-2)21-15(17)20-11-13-9-6-8-12-7-4-5-10-14(12)13/h3,5-6,8-10H,1-2,4,7,11H2,(H3,17,19,20,21). The average Bonchev–Trinajstić information content (AvgIpc) is 2.52. The van der Waals surface area contributed by atoms with Gasteiger partial charge in [-0.05, 0) is 36.2 Å². The summed E-state index contributed by atoms with van der Waals surface area (Å²) in [4.78, 5) is 11.9. The van der Waals surface area contributed by atoms with E-state index >= 15 is 0 Å². The minimum Gasteiger partial charge on any atom is -0.370 e. The van der Waals surface area contributed by atoms with Crippen LogP contribution in [-0.4, -0.2) is 18.6 Å². The highest BCUT2D eigenvalue weighted by Gasteiger charge is 2.08. The Hall–Kier alpha value is -2.69. The number of rotatable bonds is 3. The van der Waals surface area contributed by atoms with Crippen molar-refractivity contribution in [1.82, 2.24) is 5.32 Å². The van der Waals surface area contributed by atoms with Crippen molar-refractivity contribution in [2.24, 2.45) is 20.7 Å². The minimum absolute atomic E-state index is 0.250. The number of nitrogens with one attached hydrogen (secondary N) is 1. The maximum Gasteiger partial charge on any atom is 0.228 e. The van der Waals surface area contributed by atoms with Gasteiger partial charge in [0.25, 0.3) is 0 Å². The van der Waals surface area contributed by atoms with E-state index in [9.17, 15) is 0 Å². The van der Waals surface area contributed by atoms with Crippen molar-refractivity contribution in [3.63, 3.8) is 0 Å². The molecule has 0 aromatic heterocycles. The van der Waals surface area contributed by atoms with Crippen molar-refractivity contribution in [2.75, 3.05) is 0 Å². The molecule has 0 fully saturated rings. The molecular formula is C16H19N5. The Labute approximate surface area is 124 Å². The van der Waals surface area contributed by atoms with E-state index in [2.05, 4.69) is 63.9 Å². The molecule has 3 N–H and O–H groups in total. The van der Waals surface area contributed by atoms with Crippen LogP contribution >= 0.6 is 0 Å². The van der Waals surface area contributed by atoms with Crippen molar-refractivity contribution in [1.29, 1.82) is 0 Å². The third kappa shape index (κ3) is 3.89. The van der Waals surface area contributed by atoms with Crippen LogP contribution in [0.3, 0.4) is 0 Å². The molecule has 1 aromatic carbocycles. The molecule has 0 saturated carbocycles. The van der Waals surface area contributed by atoms with Crippen LogP contribution in [0, 0.1) is 0 Å². The molecule has 0 unspecified atom stereocenters. The van der Waals surface area contributed by atoms with Gasteiger partial charge < -0.3 is 5.73 Å². The molecule has 21 heavy (non-hydrogen) atoms. The average molecular weight is 281 g/mol. The lowest BCUT2D eigenvalue weighted by atomic mass is 9.93. The van der Waals surface area contributed by atoms with Gasteiger partial charge >= 0.3 is 0 Å². The Kier molecular flexibility index (Phi) is 5.04. The molecular weight excluding hydrogens is 262 g/mol. The second kappa shape index (κ2) is 7.19. The van der Waals surface area contributed by atoms with Gasteiger partial charge in [0.1, 0.15) is 0 Å². The quantitative estimate of drug-likeness (QED) is 0.658. The molecule has 0 amide bonds. The van der Waals surface area contributed by atoms with Crippen LogP contribution < -0.4 is 11.1 Å². The first-order valence-corrected chi connectivity index (χ1v) is 6.74. The topological polar surface area (TPSA) is 75.1 Å². The number of allylic oxidation sites excluding steroid dienone is 1. The Bertz CT molecular complexity index is 626. The summed E-state index contributed by atoms with van der Waals surface area (Å²) < 4.78 is 0. The largest absolute Gasteiger partial charge is 0.370 e. The zero-order valence-electron chi connectivity index (χ0n) is 11.9. The molecule has 0 atom stereocenters. The zero-order chi connectivity index (χ0) is 15.1. The predicted molar refractivity (Wildman–Crippen MR) is 89.4 cm³/mol. The molecule has 0 saturated heterocycles. The lowest BCUT2D eigenvalue weighted by Crippen LogP contribution is -2.35. The van der Waals surface area contributed by atoms with Crippen molar-refractivity contribution in [3.8, 4) is 0 Å². The Morgan fingerprint density at radius 3 is 3.05 bits per heavy atom. The van der Waals surface area contributed by atoms with Gasteiger partial charge in [-0.1, -0.05) is 36.9 Å². The molecule has 2 rings (SSSR count). The number of aryl methyl sites for hydroxylation is 1. The maximum atomic E-state index is 5.82. The van der Waals surface area contributed by atoms with E-state index in [1.165, 1.54) is 17.3 Å². The summed E-state index contributed by atoms with van der Waals surface area (Å²) in [5.41, 5.74) is 9.59. The number of nitrogens with two attached hydrogens (primary N) is 1. The third-order valence-electron chi connectivity index (χ3n) is 3.17. The van der Waals surface area contributed by atoms with E-state index in [4.69, 9.17) is 5.73 Å². The van der Waals surface area contributed by atoms with Crippen LogP contribution in [0.2, 0.25) is 0 Å². The number of hydrogen-bond acceptors (Lipinski definition) is 2. The van der Waals surface area contributed by atoms with Crippen LogP contribution in [-0.2, 0) is 13.0 Å². The number of fused-ring (bicyclic) bond motifs is 1. The summed E-state index contributed by atoms with van der Waals surface area (Å²) in [7, 11) is 0. The van der Waals surface area contributed by atoms with E-state index < -0.39 is 0 Å². The molecule has 0 radical (unpaired) electrons. The number of aliphatic imine (C=N–C) groups is 3. The lowest BCUT2D eigenvalue weighted by molar-refractivity contribution is 0.959. The monoisotopic (exact) mass is 281 g/mol. The third-order valence-corrected chi connectivity index (χ3v) is 3.17. The highest BCUT2D eigenvalue weighted by atomic mass is 15.2. The summed E-state index contributed by atoms with van der Waals surface area (Å²) in [6, 6.07) is 6.28. The van der Waals surface area contributed by atoms with Crippen LogP contribution in [0.25, 0.3) is 6.08 Å². The maximum absolute atomic E-state index is 5.82. The summed E-state index contributed by atoms with van der Waals surface area (Å²) in [5.74, 6) is 0.529. The van der Waals surface area contributed by atoms with E-state index in [1.807, 2.05) is 0 Å². The number of benzene rings is 1. The van der Waals surface area contributed by atoms with Crippen molar-refractivity contribution < 1.29 is 0 Å². The first-order chi connectivity index (χ1) is 10.2. The van der Waals surface area contributed by atoms with Crippen LogP contribution in [0.5, 0.6) is 0 Å². The van der Waals surface area contributed by atoms with Crippen molar-refractivity contribution in [2.45, 2.75) is 19.4 Å². The molecule has 0 heterocycles. The van der Waals surface area contributed by atoms with E-state index in [0.29, 0.717) is 6.54 Å². The molecule has 1 aliphatic rings. The molecule has 1 aliphatic carbocycles. The zero-order valence-corrected chi connectivity index (χ0v) is 11.9. The van der Waals surface area contributed by atoms with Gasteiger partial charge in [-0.3, -0.25) is 5.32 Å². The summed E-state index contributed by atoms with van der Waals surface area (Å²) in [6.07, 6.45) is 7.88. The highest BCUT2D eigenvalue weighted by molar-refractivity contribution is 5.99. The molecule has 0 aliphatic heterocycles. The minimum atomic E-state index is 0.250. The SMILES string of the molecule is C=CN=C(N=C)NC(N)=NCc1cccc2c1C=CCC2. The van der Waals surface area contributed by atoms with Gasteiger partial charge in [0.05, 0.1) is 6.54 Å². The van der Waals surface area contributed by atoms with Crippen LogP contribution in [0.4, 0.5) is 0 Å². The van der Waals surface area contributed by atoms with Gasteiger partial charge in [-0.15, -0.1) is 0 Å². The first kappa shape index (κ1) is 14.7. The second-order valence-corrected chi connectivity index (χ2v) is 4.55. The van der Waals surface area contributed by atoms with Gasteiger partial charge in [0, 0.05) is 6.20 Å². The fourth-order valence-corrected chi connectivity index (χ4v) is 2.20. The lowest BCUT2D eigenvalue weighted by Gasteiger charge is -2.14. The number of hydrogen-bond donors (Lipinski definition) is 2. The van der Waals surface area contributed by atoms with E-state index in [1.54, 1.807) is 0 Å². The summed E-state index contributed by atoms with van der Waals surface area (Å²) >= 11 is 0. The molecule has 5 heteroatoms. The molecule has 0 bridgehead atoms. The van der Waals surface area contributed by atoms with Crippen LogP contribution in [0.1, 0.15) is 23.1 Å². The van der Waals surface area contributed by atoms with Crippen LogP contribution in [0.15, 0.2) is 52.0 Å². The normalized spacial score (nSPS) is 14.5. The molecule has 1 aromatic rings. The fourth-order valence-electron chi connectivity index (χ4n) is 2.20. The van der Waals surface area contributed by atoms with Gasteiger partial charge in [-0.25, -0.2) is 15.0 Å². The summed E-state index contributed by atoms with van der Waals surface area (Å²) in [6.45, 7) is 7.40. The van der Waals surface area contributed by atoms with Gasteiger partial charge in [-0.2, -0.15) is 0 Å². The van der Waals surface area contributed by atoms with E-state index in [-0.39, 0.29) is 11.9 Å². The molecule has 108 valence electrons. The van der Waals surface area contributed by atoms with Crippen molar-refractivity contribution >= 4 is 24.7 Å². The first-order valence-electron chi connectivity index (χ1n) is 6.74. The summed E-state index contributed by atoms with van der Waals surface area (Å²) in [5, 5.41) is 2.78. The Morgan fingerprint density at radius 2 is 2.29 bits per heavy atom. The van der Waals surface area contributed by atoms with E-state index in [0.717, 1.165) is 18.4 Å². The smallest absolute Gasteiger partial charge is 0.228 e. The Morgan fingerprint density at radius 1 is 1.43 bits per heavy atom. The van der Waals surface area contributed by atoms with Gasteiger partial charge in [0.15, 0.2) is 5.96 Å². The number of nitrogens with zero attached hydrogens (tertiary/aromatic N) is 3.